The highest BCUT2D eigenvalue weighted by Crippen LogP contribution is 2.30. The number of aryl methyl sites for hydroxylation is 1. The molecule has 0 N–H and O–H groups in total. The lowest BCUT2D eigenvalue weighted by Crippen LogP contribution is -2.14. The standard InChI is InChI=1S/C20H19NO/c1-6-17-14(4)19(15(5)22)12-20(18(17)7-2)21-16-10-8-13(3)9-11-16/h6-12H,1-2,4H2,3,5H3. The zero-order chi connectivity index (χ0) is 16.3. The predicted octanol–water partition coefficient (Wildman–Crippen LogP) is 4.82. The van der Waals surface area contributed by atoms with Gasteiger partial charge in [-0.2, -0.15) is 0 Å². The molecule has 1 aliphatic rings. The van der Waals surface area contributed by atoms with Gasteiger partial charge in [0.05, 0.1) is 11.4 Å². The van der Waals surface area contributed by atoms with Crippen molar-refractivity contribution in [3.63, 3.8) is 0 Å². The predicted molar refractivity (Wildman–Crippen MR) is 93.6 cm³/mol. The number of benzene rings is 1. The fraction of sp³-hybridized carbons (Fsp3) is 0.100. The van der Waals surface area contributed by atoms with Crippen molar-refractivity contribution in [2.75, 3.05) is 0 Å². The van der Waals surface area contributed by atoms with Crippen LogP contribution in [0.4, 0.5) is 5.69 Å². The molecule has 2 heteroatoms. The van der Waals surface area contributed by atoms with Crippen molar-refractivity contribution in [3.8, 4) is 0 Å². The highest BCUT2D eigenvalue weighted by molar-refractivity contribution is 6.19. The first-order valence-electron chi connectivity index (χ1n) is 7.05. The normalized spacial score (nSPS) is 16.5. The Labute approximate surface area is 131 Å². The third-order valence-corrected chi connectivity index (χ3v) is 3.57. The van der Waals surface area contributed by atoms with Crippen molar-refractivity contribution in [3.05, 3.63) is 90.1 Å². The molecule has 2 nitrogen and oxygen atoms in total. The number of carbonyl (C=O) groups excluding carboxylic acids is 1. The second-order valence-electron chi connectivity index (χ2n) is 5.16. The maximum absolute atomic E-state index is 11.8. The molecule has 0 fully saturated rings. The van der Waals surface area contributed by atoms with Gasteiger partial charge in [-0.05, 0) is 43.2 Å². The van der Waals surface area contributed by atoms with E-state index in [4.69, 9.17) is 0 Å². The van der Waals surface area contributed by atoms with Gasteiger partial charge in [0.25, 0.3) is 0 Å². The molecule has 0 unspecified atom stereocenters. The second-order valence-corrected chi connectivity index (χ2v) is 5.16. The maximum atomic E-state index is 11.8. The van der Waals surface area contributed by atoms with Crippen molar-refractivity contribution in [2.24, 2.45) is 4.99 Å². The van der Waals surface area contributed by atoms with Gasteiger partial charge in [-0.25, -0.2) is 4.99 Å². The molecule has 0 aromatic heterocycles. The van der Waals surface area contributed by atoms with Crippen LogP contribution in [0.25, 0.3) is 0 Å². The van der Waals surface area contributed by atoms with Gasteiger partial charge in [-0.1, -0.05) is 49.6 Å². The van der Waals surface area contributed by atoms with E-state index in [-0.39, 0.29) is 5.78 Å². The number of rotatable bonds is 4. The van der Waals surface area contributed by atoms with Gasteiger partial charge >= 0.3 is 0 Å². The van der Waals surface area contributed by atoms with Crippen LogP contribution < -0.4 is 0 Å². The summed E-state index contributed by atoms with van der Waals surface area (Å²) >= 11 is 0. The fourth-order valence-corrected chi connectivity index (χ4v) is 2.36. The molecule has 0 saturated carbocycles. The molecule has 1 aromatic carbocycles. The summed E-state index contributed by atoms with van der Waals surface area (Å²) in [5.74, 6) is -0.0379. The van der Waals surface area contributed by atoms with Gasteiger partial charge in [-0.3, -0.25) is 4.79 Å². The minimum atomic E-state index is -0.0379. The molecule has 0 heterocycles. The number of nitrogens with zero attached hydrogens (tertiary/aromatic N) is 1. The van der Waals surface area contributed by atoms with Gasteiger partial charge in [0.15, 0.2) is 5.78 Å². The van der Waals surface area contributed by atoms with Crippen molar-refractivity contribution in [2.45, 2.75) is 13.8 Å². The highest BCUT2D eigenvalue weighted by atomic mass is 16.1. The van der Waals surface area contributed by atoms with E-state index in [1.54, 1.807) is 18.2 Å². The van der Waals surface area contributed by atoms with Crippen LogP contribution in [0.1, 0.15) is 12.5 Å². The van der Waals surface area contributed by atoms with Crippen molar-refractivity contribution in [1.29, 1.82) is 0 Å². The number of allylic oxidation sites excluding steroid dienone is 7. The van der Waals surface area contributed by atoms with Gasteiger partial charge < -0.3 is 0 Å². The molecule has 0 amide bonds. The van der Waals surface area contributed by atoms with E-state index in [1.165, 1.54) is 12.5 Å². The van der Waals surface area contributed by atoms with E-state index in [1.807, 2.05) is 31.2 Å². The molecule has 1 aromatic rings. The van der Waals surface area contributed by atoms with Crippen LogP contribution in [0, 0.1) is 6.92 Å². The van der Waals surface area contributed by atoms with Gasteiger partial charge in [0.1, 0.15) is 0 Å². The summed E-state index contributed by atoms with van der Waals surface area (Å²) in [6.07, 6.45) is 5.19. The first-order chi connectivity index (χ1) is 10.5. The largest absolute Gasteiger partial charge is 0.294 e. The molecule has 0 saturated heterocycles. The number of hydrogen-bond donors (Lipinski definition) is 0. The highest BCUT2D eigenvalue weighted by Gasteiger charge is 2.21. The molecule has 0 radical (unpaired) electrons. The Morgan fingerprint density at radius 1 is 1.09 bits per heavy atom. The van der Waals surface area contributed by atoms with E-state index in [0.717, 1.165) is 16.8 Å². The summed E-state index contributed by atoms with van der Waals surface area (Å²) in [4.78, 5) is 16.5. The van der Waals surface area contributed by atoms with Crippen LogP contribution in [0.3, 0.4) is 0 Å². The zero-order valence-electron chi connectivity index (χ0n) is 13.0. The van der Waals surface area contributed by atoms with Crippen LogP contribution in [0.5, 0.6) is 0 Å². The topological polar surface area (TPSA) is 29.4 Å². The molecular weight excluding hydrogens is 270 g/mol. The third-order valence-electron chi connectivity index (χ3n) is 3.57. The lowest BCUT2D eigenvalue weighted by Gasteiger charge is -2.20. The van der Waals surface area contributed by atoms with Crippen molar-refractivity contribution < 1.29 is 4.79 Å². The molecule has 0 aliphatic heterocycles. The lowest BCUT2D eigenvalue weighted by molar-refractivity contribution is -0.113. The quantitative estimate of drug-likeness (QED) is 0.781. The van der Waals surface area contributed by atoms with E-state index in [0.29, 0.717) is 16.9 Å². The molecular formula is C20H19NO. The minimum Gasteiger partial charge on any atom is -0.294 e. The van der Waals surface area contributed by atoms with Crippen LogP contribution in [0.15, 0.2) is 89.5 Å². The van der Waals surface area contributed by atoms with E-state index >= 15 is 0 Å². The first kappa shape index (κ1) is 15.6. The number of hydrogen-bond acceptors (Lipinski definition) is 2. The average Bonchev–Trinajstić information content (AvgIpc) is 2.50. The van der Waals surface area contributed by atoms with Crippen LogP contribution in [0.2, 0.25) is 0 Å². The van der Waals surface area contributed by atoms with E-state index in [2.05, 4.69) is 24.7 Å². The molecule has 2 rings (SSSR count). The summed E-state index contributed by atoms with van der Waals surface area (Å²) in [5, 5.41) is 0. The number of ketones is 1. The van der Waals surface area contributed by atoms with Crippen molar-refractivity contribution in [1.82, 2.24) is 0 Å². The molecule has 22 heavy (non-hydrogen) atoms. The number of Topliss-reactive ketones (excluding diaryl/α,β-unsaturated/α-hetero) is 1. The molecule has 1 aliphatic carbocycles. The summed E-state index contributed by atoms with van der Waals surface area (Å²) in [6, 6.07) is 7.90. The van der Waals surface area contributed by atoms with E-state index < -0.39 is 0 Å². The Bertz CT molecular complexity index is 755. The average molecular weight is 289 g/mol. The third kappa shape index (κ3) is 2.96. The van der Waals surface area contributed by atoms with E-state index in [9.17, 15) is 4.79 Å². The number of carbonyl (C=O) groups is 1. The smallest absolute Gasteiger partial charge is 0.160 e. The second kappa shape index (κ2) is 6.35. The maximum Gasteiger partial charge on any atom is 0.160 e. The van der Waals surface area contributed by atoms with Gasteiger partial charge in [0, 0.05) is 11.1 Å². The fourth-order valence-electron chi connectivity index (χ4n) is 2.36. The molecule has 0 atom stereocenters. The van der Waals surface area contributed by atoms with Gasteiger partial charge in [0.2, 0.25) is 0 Å². The Balaban J connectivity index is 2.63. The number of aliphatic imine (C=N–C) groups is 1. The summed E-state index contributed by atoms with van der Waals surface area (Å²) < 4.78 is 0. The first-order valence-corrected chi connectivity index (χ1v) is 7.05. The summed E-state index contributed by atoms with van der Waals surface area (Å²) in [7, 11) is 0. The summed E-state index contributed by atoms with van der Waals surface area (Å²) in [5.41, 5.74) is 5.57. The van der Waals surface area contributed by atoms with Crippen LogP contribution in [-0.2, 0) is 4.79 Å². The van der Waals surface area contributed by atoms with Crippen LogP contribution in [-0.4, -0.2) is 11.5 Å². The zero-order valence-corrected chi connectivity index (χ0v) is 13.0. The summed E-state index contributed by atoms with van der Waals surface area (Å²) in [6.45, 7) is 15.2. The van der Waals surface area contributed by atoms with Crippen molar-refractivity contribution >= 4 is 17.2 Å². The lowest BCUT2D eigenvalue weighted by atomic mass is 9.85. The Kier molecular flexibility index (Phi) is 4.52. The molecule has 110 valence electrons. The monoisotopic (exact) mass is 289 g/mol. The molecule has 0 bridgehead atoms. The SMILES string of the molecule is C=CC1=C(C=C)C(=Nc2ccc(C)cc2)C=C(C(C)=O)C1=C. The van der Waals surface area contributed by atoms with Crippen LogP contribution >= 0.6 is 0 Å². The van der Waals surface area contributed by atoms with Gasteiger partial charge in [-0.15, -0.1) is 0 Å². The Morgan fingerprint density at radius 3 is 2.18 bits per heavy atom. The minimum absolute atomic E-state index is 0.0379. The Morgan fingerprint density at radius 2 is 1.68 bits per heavy atom. The Hall–Kier alpha value is -2.74. The molecule has 0 spiro atoms.